The Morgan fingerprint density at radius 1 is 1.45 bits per heavy atom. The summed E-state index contributed by atoms with van der Waals surface area (Å²) in [6.45, 7) is 1.84. The second-order valence-electron chi connectivity index (χ2n) is 2.48. The van der Waals surface area contributed by atoms with Gasteiger partial charge in [-0.3, -0.25) is 0 Å². The molecule has 1 aromatic carbocycles. The van der Waals surface area contributed by atoms with Gasteiger partial charge in [0.25, 0.3) is 0 Å². The third kappa shape index (κ3) is 1.50. The van der Waals surface area contributed by atoms with Crippen molar-refractivity contribution in [3.63, 3.8) is 0 Å². The summed E-state index contributed by atoms with van der Waals surface area (Å²) in [6, 6.07) is 9.58. The Morgan fingerprint density at radius 2 is 2.09 bits per heavy atom. The maximum Gasteiger partial charge on any atom is 0.0704 e. The molecule has 2 nitrogen and oxygen atoms in total. The summed E-state index contributed by atoms with van der Waals surface area (Å²) in [5.74, 6) is -0.115. The monoisotopic (exact) mass is 146 g/mol. The standard InChI is InChI=1S/C9H10N2/c1-7(6-10)8-4-2-3-5-9(8)11/h2-5,7H,11H2,1H3. The van der Waals surface area contributed by atoms with Crippen LogP contribution in [-0.4, -0.2) is 0 Å². The fourth-order valence-corrected chi connectivity index (χ4v) is 0.975. The molecule has 2 N–H and O–H groups in total. The first kappa shape index (κ1) is 7.62. The molecule has 1 atom stereocenters. The Labute approximate surface area is 66.3 Å². The smallest absolute Gasteiger partial charge is 0.0704 e. The van der Waals surface area contributed by atoms with Crippen molar-refractivity contribution >= 4 is 5.69 Å². The molecular formula is C9H10N2. The number of hydrogen-bond donors (Lipinski definition) is 1. The first-order valence-corrected chi connectivity index (χ1v) is 3.49. The molecule has 0 saturated heterocycles. The van der Waals surface area contributed by atoms with Gasteiger partial charge >= 0.3 is 0 Å². The van der Waals surface area contributed by atoms with Crippen LogP contribution in [0, 0.1) is 11.3 Å². The number of para-hydroxylation sites is 1. The molecule has 0 aromatic heterocycles. The second-order valence-corrected chi connectivity index (χ2v) is 2.48. The SMILES string of the molecule is CC(C#N)c1ccccc1N. The van der Waals surface area contributed by atoms with Gasteiger partial charge in [0, 0.05) is 5.69 Å². The Balaban J connectivity index is 3.05. The summed E-state index contributed by atoms with van der Waals surface area (Å²) in [7, 11) is 0. The highest BCUT2D eigenvalue weighted by atomic mass is 14.6. The van der Waals surface area contributed by atoms with Crippen molar-refractivity contribution in [1.82, 2.24) is 0 Å². The predicted octanol–water partition coefficient (Wildman–Crippen LogP) is 1.90. The van der Waals surface area contributed by atoms with E-state index in [1.54, 1.807) is 0 Å². The van der Waals surface area contributed by atoms with Crippen LogP contribution in [0.5, 0.6) is 0 Å². The molecule has 1 aromatic rings. The number of nitrogens with two attached hydrogens (primary N) is 1. The summed E-state index contributed by atoms with van der Waals surface area (Å²) < 4.78 is 0. The van der Waals surface area contributed by atoms with E-state index in [-0.39, 0.29) is 5.92 Å². The Morgan fingerprint density at radius 3 is 2.64 bits per heavy atom. The molecule has 0 radical (unpaired) electrons. The van der Waals surface area contributed by atoms with Gasteiger partial charge < -0.3 is 5.73 Å². The van der Waals surface area contributed by atoms with E-state index < -0.39 is 0 Å². The molecule has 0 aliphatic rings. The Kier molecular flexibility index (Phi) is 2.12. The van der Waals surface area contributed by atoms with E-state index >= 15 is 0 Å². The van der Waals surface area contributed by atoms with Gasteiger partial charge in [-0.1, -0.05) is 18.2 Å². The zero-order chi connectivity index (χ0) is 8.27. The normalized spacial score (nSPS) is 12.0. The zero-order valence-corrected chi connectivity index (χ0v) is 6.41. The largest absolute Gasteiger partial charge is 0.398 e. The molecule has 1 rings (SSSR count). The van der Waals surface area contributed by atoms with Crippen LogP contribution in [0.2, 0.25) is 0 Å². The molecule has 0 fully saturated rings. The highest BCUT2D eigenvalue weighted by Crippen LogP contribution is 2.20. The predicted molar refractivity (Wildman–Crippen MR) is 44.9 cm³/mol. The molecule has 0 spiro atoms. The molecule has 2 heteroatoms. The van der Waals surface area contributed by atoms with Crippen molar-refractivity contribution in [2.75, 3.05) is 5.73 Å². The molecule has 56 valence electrons. The lowest BCUT2D eigenvalue weighted by Gasteiger charge is -2.04. The van der Waals surface area contributed by atoms with Crippen LogP contribution in [0.1, 0.15) is 18.4 Å². The Bertz CT molecular complexity index is 286. The topological polar surface area (TPSA) is 49.8 Å². The maximum absolute atomic E-state index is 8.61. The van der Waals surface area contributed by atoms with E-state index in [4.69, 9.17) is 11.0 Å². The molecule has 1 unspecified atom stereocenters. The number of hydrogen-bond acceptors (Lipinski definition) is 2. The summed E-state index contributed by atoms with van der Waals surface area (Å²) in [5.41, 5.74) is 7.25. The lowest BCUT2D eigenvalue weighted by atomic mass is 10.0. The van der Waals surface area contributed by atoms with Crippen LogP contribution in [0.3, 0.4) is 0 Å². The first-order chi connectivity index (χ1) is 5.25. The van der Waals surface area contributed by atoms with E-state index in [2.05, 4.69) is 6.07 Å². The molecule has 0 saturated carbocycles. The van der Waals surface area contributed by atoms with Gasteiger partial charge in [-0.05, 0) is 18.6 Å². The third-order valence-corrected chi connectivity index (χ3v) is 1.66. The second kappa shape index (κ2) is 3.07. The lowest BCUT2D eigenvalue weighted by molar-refractivity contribution is 0.986. The van der Waals surface area contributed by atoms with E-state index in [1.165, 1.54) is 0 Å². The van der Waals surface area contributed by atoms with Crippen molar-refractivity contribution < 1.29 is 0 Å². The van der Waals surface area contributed by atoms with E-state index in [1.807, 2.05) is 31.2 Å². The van der Waals surface area contributed by atoms with Gasteiger partial charge in [-0.25, -0.2) is 0 Å². The summed E-state index contributed by atoms with van der Waals surface area (Å²) in [5, 5.41) is 8.61. The van der Waals surface area contributed by atoms with Gasteiger partial charge in [0.05, 0.1) is 12.0 Å². The summed E-state index contributed by atoms with van der Waals surface area (Å²) >= 11 is 0. The zero-order valence-electron chi connectivity index (χ0n) is 6.41. The fraction of sp³-hybridized carbons (Fsp3) is 0.222. The minimum atomic E-state index is -0.115. The quantitative estimate of drug-likeness (QED) is 0.615. The van der Waals surface area contributed by atoms with E-state index in [9.17, 15) is 0 Å². The van der Waals surface area contributed by atoms with Gasteiger partial charge in [-0.2, -0.15) is 5.26 Å². The summed E-state index contributed by atoms with van der Waals surface area (Å²) in [6.07, 6.45) is 0. The number of nitrogen functional groups attached to an aromatic ring is 1. The van der Waals surface area contributed by atoms with Gasteiger partial charge in [-0.15, -0.1) is 0 Å². The lowest BCUT2D eigenvalue weighted by Crippen LogP contribution is -1.96. The van der Waals surface area contributed by atoms with Gasteiger partial charge in [0.15, 0.2) is 0 Å². The molecule has 11 heavy (non-hydrogen) atoms. The van der Waals surface area contributed by atoms with Crippen LogP contribution in [0.4, 0.5) is 5.69 Å². The van der Waals surface area contributed by atoms with Gasteiger partial charge in [0.2, 0.25) is 0 Å². The maximum atomic E-state index is 8.61. The molecule has 0 amide bonds. The van der Waals surface area contributed by atoms with Crippen molar-refractivity contribution in [3.8, 4) is 6.07 Å². The summed E-state index contributed by atoms with van der Waals surface area (Å²) in [4.78, 5) is 0. The Hall–Kier alpha value is -1.49. The molecule has 0 aliphatic carbocycles. The fourth-order valence-electron chi connectivity index (χ4n) is 0.975. The highest BCUT2D eigenvalue weighted by molar-refractivity contribution is 5.49. The molecule has 0 aliphatic heterocycles. The van der Waals surface area contributed by atoms with Crippen molar-refractivity contribution in [3.05, 3.63) is 29.8 Å². The average molecular weight is 146 g/mol. The minimum absolute atomic E-state index is 0.115. The number of anilines is 1. The highest BCUT2D eigenvalue weighted by Gasteiger charge is 2.05. The average Bonchev–Trinajstić information content (AvgIpc) is 2.04. The van der Waals surface area contributed by atoms with Crippen molar-refractivity contribution in [1.29, 1.82) is 5.26 Å². The van der Waals surface area contributed by atoms with Crippen LogP contribution in [0.25, 0.3) is 0 Å². The minimum Gasteiger partial charge on any atom is -0.398 e. The molecular weight excluding hydrogens is 136 g/mol. The van der Waals surface area contributed by atoms with Gasteiger partial charge in [0.1, 0.15) is 0 Å². The number of nitrogens with zero attached hydrogens (tertiary/aromatic N) is 1. The first-order valence-electron chi connectivity index (χ1n) is 3.49. The van der Waals surface area contributed by atoms with Crippen LogP contribution >= 0.6 is 0 Å². The molecule has 0 bridgehead atoms. The number of nitriles is 1. The third-order valence-electron chi connectivity index (χ3n) is 1.66. The number of rotatable bonds is 1. The van der Waals surface area contributed by atoms with E-state index in [0.717, 1.165) is 5.56 Å². The van der Waals surface area contributed by atoms with Crippen LogP contribution in [0.15, 0.2) is 24.3 Å². The van der Waals surface area contributed by atoms with Crippen molar-refractivity contribution in [2.24, 2.45) is 0 Å². The van der Waals surface area contributed by atoms with Crippen LogP contribution < -0.4 is 5.73 Å². The molecule has 0 heterocycles. The van der Waals surface area contributed by atoms with Crippen molar-refractivity contribution in [2.45, 2.75) is 12.8 Å². The van der Waals surface area contributed by atoms with E-state index in [0.29, 0.717) is 5.69 Å². The number of benzene rings is 1. The van der Waals surface area contributed by atoms with Crippen LogP contribution in [-0.2, 0) is 0 Å².